The van der Waals surface area contributed by atoms with Crippen molar-refractivity contribution in [1.82, 2.24) is 10.3 Å². The maximum absolute atomic E-state index is 11.8. The van der Waals surface area contributed by atoms with Crippen LogP contribution in [0.1, 0.15) is 46.0 Å². The van der Waals surface area contributed by atoms with E-state index in [0.717, 1.165) is 19.4 Å². The van der Waals surface area contributed by atoms with E-state index in [9.17, 15) is 9.59 Å². The van der Waals surface area contributed by atoms with Crippen LogP contribution in [0.4, 0.5) is 0 Å². The molecule has 2 amide bonds. The minimum atomic E-state index is -0.174. The summed E-state index contributed by atoms with van der Waals surface area (Å²) in [5.74, 6) is 5.04. The molecule has 0 aromatic heterocycles. The lowest BCUT2D eigenvalue weighted by Gasteiger charge is -2.23. The molecule has 98 valence electrons. The summed E-state index contributed by atoms with van der Waals surface area (Å²) in [6, 6.07) is 0. The van der Waals surface area contributed by atoms with Gasteiger partial charge in [0.15, 0.2) is 0 Å². The van der Waals surface area contributed by atoms with Gasteiger partial charge in [0.05, 0.1) is 0 Å². The average Bonchev–Trinajstić information content (AvgIpc) is 2.41. The van der Waals surface area contributed by atoms with Crippen LogP contribution in [0, 0.1) is 5.41 Å². The highest BCUT2D eigenvalue weighted by atomic mass is 16.2. The number of hydrazine groups is 1. The van der Waals surface area contributed by atoms with Gasteiger partial charge in [-0.2, -0.15) is 0 Å². The van der Waals surface area contributed by atoms with Crippen LogP contribution >= 0.6 is 0 Å². The number of hydrogen-bond acceptors (Lipinski definition) is 3. The van der Waals surface area contributed by atoms with Gasteiger partial charge in [0.25, 0.3) is 0 Å². The molecule has 3 N–H and O–H groups in total. The fourth-order valence-corrected chi connectivity index (χ4v) is 2.03. The Kier molecular flexibility index (Phi) is 4.93. The van der Waals surface area contributed by atoms with Gasteiger partial charge in [0.1, 0.15) is 0 Å². The molecule has 1 aliphatic heterocycles. The first-order valence-electron chi connectivity index (χ1n) is 6.22. The van der Waals surface area contributed by atoms with Crippen LogP contribution < -0.4 is 11.3 Å². The number of carbonyl (C=O) groups excluding carboxylic acids is 2. The van der Waals surface area contributed by atoms with Crippen molar-refractivity contribution in [2.24, 2.45) is 11.3 Å². The van der Waals surface area contributed by atoms with E-state index >= 15 is 0 Å². The molecule has 1 aliphatic rings. The van der Waals surface area contributed by atoms with Crippen LogP contribution in [0.25, 0.3) is 0 Å². The largest absolute Gasteiger partial charge is 0.343 e. The Hall–Kier alpha value is -1.10. The fraction of sp³-hybridized carbons (Fsp3) is 0.833. The molecule has 0 saturated carbocycles. The van der Waals surface area contributed by atoms with Gasteiger partial charge in [-0.05, 0) is 24.7 Å². The van der Waals surface area contributed by atoms with Crippen LogP contribution in [0.3, 0.4) is 0 Å². The van der Waals surface area contributed by atoms with E-state index in [4.69, 9.17) is 5.84 Å². The lowest BCUT2D eigenvalue weighted by Crippen LogP contribution is -2.34. The highest BCUT2D eigenvalue weighted by molar-refractivity contribution is 5.77. The molecule has 0 unspecified atom stereocenters. The number of carbonyl (C=O) groups is 2. The number of nitrogens with one attached hydrogen (secondary N) is 1. The third-order valence-electron chi connectivity index (χ3n) is 3.42. The zero-order valence-corrected chi connectivity index (χ0v) is 10.8. The first-order valence-corrected chi connectivity index (χ1v) is 6.22. The van der Waals surface area contributed by atoms with Crippen molar-refractivity contribution in [3.8, 4) is 0 Å². The predicted molar refractivity (Wildman–Crippen MR) is 65.8 cm³/mol. The quantitative estimate of drug-likeness (QED) is 0.434. The number of rotatable bonds is 4. The van der Waals surface area contributed by atoms with E-state index in [0.29, 0.717) is 25.8 Å². The minimum absolute atomic E-state index is 0.174. The van der Waals surface area contributed by atoms with Gasteiger partial charge >= 0.3 is 0 Å². The summed E-state index contributed by atoms with van der Waals surface area (Å²) in [5, 5.41) is 0. The number of nitrogens with two attached hydrogens (primary N) is 1. The van der Waals surface area contributed by atoms with E-state index in [1.165, 1.54) is 0 Å². The lowest BCUT2D eigenvalue weighted by molar-refractivity contribution is -0.131. The monoisotopic (exact) mass is 241 g/mol. The van der Waals surface area contributed by atoms with Crippen LogP contribution in [0.2, 0.25) is 0 Å². The van der Waals surface area contributed by atoms with Crippen molar-refractivity contribution >= 4 is 11.8 Å². The van der Waals surface area contributed by atoms with Crippen LogP contribution in [-0.2, 0) is 9.59 Å². The standard InChI is InChI=1S/C12H23N3O2/c1-12(2)6-5-11(17)15(9-7-12)8-3-4-10(16)14-13/h3-9,13H2,1-2H3,(H,14,16). The smallest absolute Gasteiger partial charge is 0.233 e. The molecule has 1 saturated heterocycles. The zero-order chi connectivity index (χ0) is 12.9. The molecule has 5 heteroatoms. The molecule has 0 spiro atoms. The fourth-order valence-electron chi connectivity index (χ4n) is 2.03. The molecule has 0 bridgehead atoms. The second-order valence-electron chi connectivity index (χ2n) is 5.47. The van der Waals surface area contributed by atoms with Crippen molar-refractivity contribution in [1.29, 1.82) is 0 Å². The number of nitrogens with zero attached hydrogens (tertiary/aromatic N) is 1. The van der Waals surface area contributed by atoms with Gasteiger partial charge in [0.2, 0.25) is 11.8 Å². The Morgan fingerprint density at radius 3 is 2.82 bits per heavy atom. The predicted octanol–water partition coefficient (Wildman–Crippen LogP) is 0.795. The van der Waals surface area contributed by atoms with Crippen molar-refractivity contribution < 1.29 is 9.59 Å². The number of hydrogen-bond donors (Lipinski definition) is 2. The second kappa shape index (κ2) is 6.00. The molecule has 0 aromatic rings. The molecule has 0 atom stereocenters. The lowest BCUT2D eigenvalue weighted by atomic mass is 9.85. The van der Waals surface area contributed by atoms with Gasteiger partial charge < -0.3 is 4.90 Å². The SMILES string of the molecule is CC1(C)CCC(=O)N(CCCC(=O)NN)CC1. The molecule has 5 nitrogen and oxygen atoms in total. The van der Waals surface area contributed by atoms with Crippen LogP contribution in [0.15, 0.2) is 0 Å². The molecule has 17 heavy (non-hydrogen) atoms. The van der Waals surface area contributed by atoms with E-state index in [1.807, 2.05) is 4.90 Å². The van der Waals surface area contributed by atoms with E-state index in [2.05, 4.69) is 19.3 Å². The molecule has 1 fully saturated rings. The summed E-state index contributed by atoms with van der Waals surface area (Å²) in [7, 11) is 0. The van der Waals surface area contributed by atoms with Crippen LogP contribution in [0.5, 0.6) is 0 Å². The summed E-state index contributed by atoms with van der Waals surface area (Å²) in [4.78, 5) is 24.7. The van der Waals surface area contributed by atoms with Gasteiger partial charge in [-0.25, -0.2) is 5.84 Å². The first-order chi connectivity index (χ1) is 7.94. The van der Waals surface area contributed by atoms with Crippen molar-refractivity contribution in [2.45, 2.75) is 46.0 Å². The third kappa shape index (κ3) is 4.73. The Morgan fingerprint density at radius 1 is 1.47 bits per heavy atom. The molecule has 1 rings (SSSR count). The second-order valence-corrected chi connectivity index (χ2v) is 5.47. The molecule has 0 aliphatic carbocycles. The number of amides is 2. The summed E-state index contributed by atoms with van der Waals surface area (Å²) in [5.41, 5.74) is 2.35. The summed E-state index contributed by atoms with van der Waals surface area (Å²) < 4.78 is 0. The van der Waals surface area contributed by atoms with Crippen LogP contribution in [-0.4, -0.2) is 29.8 Å². The van der Waals surface area contributed by atoms with Crippen molar-refractivity contribution in [3.05, 3.63) is 0 Å². The van der Waals surface area contributed by atoms with Gasteiger partial charge in [0, 0.05) is 25.9 Å². The Balaban J connectivity index is 2.37. The van der Waals surface area contributed by atoms with Crippen molar-refractivity contribution in [3.63, 3.8) is 0 Å². The van der Waals surface area contributed by atoms with E-state index in [-0.39, 0.29) is 17.2 Å². The first kappa shape index (κ1) is 14.0. The van der Waals surface area contributed by atoms with E-state index in [1.54, 1.807) is 0 Å². The minimum Gasteiger partial charge on any atom is -0.343 e. The summed E-state index contributed by atoms with van der Waals surface area (Å²) in [6.07, 6.45) is 3.66. The molecular formula is C12H23N3O2. The topological polar surface area (TPSA) is 75.4 Å². The summed E-state index contributed by atoms with van der Waals surface area (Å²) in [6.45, 7) is 5.86. The number of likely N-dealkylation sites (tertiary alicyclic amines) is 1. The van der Waals surface area contributed by atoms with Gasteiger partial charge in [-0.3, -0.25) is 15.0 Å². The Labute approximate surface area is 103 Å². The maximum Gasteiger partial charge on any atom is 0.233 e. The Morgan fingerprint density at radius 2 is 2.18 bits per heavy atom. The highest BCUT2D eigenvalue weighted by Crippen LogP contribution is 2.30. The maximum atomic E-state index is 11.8. The molecule has 0 radical (unpaired) electrons. The Bertz CT molecular complexity index is 289. The highest BCUT2D eigenvalue weighted by Gasteiger charge is 2.26. The third-order valence-corrected chi connectivity index (χ3v) is 3.42. The van der Waals surface area contributed by atoms with E-state index < -0.39 is 0 Å². The normalized spacial score (nSPS) is 19.9. The average molecular weight is 241 g/mol. The molecule has 0 aromatic carbocycles. The zero-order valence-electron chi connectivity index (χ0n) is 10.8. The van der Waals surface area contributed by atoms with Gasteiger partial charge in [-0.15, -0.1) is 0 Å². The molecular weight excluding hydrogens is 218 g/mol. The summed E-state index contributed by atoms with van der Waals surface area (Å²) >= 11 is 0. The van der Waals surface area contributed by atoms with Crippen molar-refractivity contribution in [2.75, 3.05) is 13.1 Å². The molecule has 1 heterocycles. The van der Waals surface area contributed by atoms with Gasteiger partial charge in [-0.1, -0.05) is 13.8 Å².